The summed E-state index contributed by atoms with van der Waals surface area (Å²) in [6.07, 6.45) is 4.06. The Labute approximate surface area is 101 Å². The minimum atomic E-state index is 1.23. The van der Waals surface area contributed by atoms with E-state index in [9.17, 15) is 0 Å². The smallest absolute Gasteiger partial charge is 0.0110 e. The fraction of sp³-hybridized carbons (Fsp3) is 1.00. The molecule has 3 nitrogen and oxygen atoms in total. The Hall–Kier alpha value is -0.120. The molecule has 1 heterocycles. The van der Waals surface area contributed by atoms with Gasteiger partial charge in [0.05, 0.1) is 0 Å². The van der Waals surface area contributed by atoms with Crippen LogP contribution in [0.5, 0.6) is 0 Å². The SMILES string of the molecule is CCCCCN(C)CCN1CCN(C)CC1. The summed E-state index contributed by atoms with van der Waals surface area (Å²) in [6, 6.07) is 0. The van der Waals surface area contributed by atoms with Crippen LogP contribution in [-0.2, 0) is 0 Å². The number of hydrogen-bond acceptors (Lipinski definition) is 3. The van der Waals surface area contributed by atoms with Crippen LogP contribution in [0.3, 0.4) is 0 Å². The van der Waals surface area contributed by atoms with E-state index in [2.05, 4.69) is 35.7 Å². The maximum absolute atomic E-state index is 2.59. The molecule has 1 aliphatic heterocycles. The van der Waals surface area contributed by atoms with Gasteiger partial charge in [0.25, 0.3) is 0 Å². The van der Waals surface area contributed by atoms with Crippen molar-refractivity contribution in [1.82, 2.24) is 14.7 Å². The lowest BCUT2D eigenvalue weighted by atomic mass is 10.2. The van der Waals surface area contributed by atoms with E-state index in [0.717, 1.165) is 0 Å². The number of nitrogens with zero attached hydrogens (tertiary/aromatic N) is 3. The van der Waals surface area contributed by atoms with Gasteiger partial charge in [-0.2, -0.15) is 0 Å². The molecule has 0 aromatic carbocycles. The molecule has 16 heavy (non-hydrogen) atoms. The molecule has 0 unspecified atom stereocenters. The average molecular weight is 227 g/mol. The second-order valence-electron chi connectivity index (χ2n) is 5.16. The molecule has 3 heteroatoms. The van der Waals surface area contributed by atoms with Crippen molar-refractivity contribution < 1.29 is 0 Å². The third kappa shape index (κ3) is 5.83. The van der Waals surface area contributed by atoms with Crippen LogP contribution in [0.25, 0.3) is 0 Å². The van der Waals surface area contributed by atoms with Gasteiger partial charge in [0, 0.05) is 39.3 Å². The van der Waals surface area contributed by atoms with E-state index >= 15 is 0 Å². The largest absolute Gasteiger partial charge is 0.305 e. The minimum Gasteiger partial charge on any atom is -0.305 e. The zero-order valence-electron chi connectivity index (χ0n) is 11.4. The minimum absolute atomic E-state index is 1.23. The topological polar surface area (TPSA) is 9.72 Å². The maximum Gasteiger partial charge on any atom is 0.0110 e. The van der Waals surface area contributed by atoms with Crippen LogP contribution in [0.2, 0.25) is 0 Å². The van der Waals surface area contributed by atoms with Crippen LogP contribution in [0, 0.1) is 0 Å². The van der Waals surface area contributed by atoms with Crippen LogP contribution in [0.15, 0.2) is 0 Å². The summed E-state index contributed by atoms with van der Waals surface area (Å²) >= 11 is 0. The van der Waals surface area contributed by atoms with Crippen molar-refractivity contribution in [3.8, 4) is 0 Å². The molecule has 1 saturated heterocycles. The summed E-state index contributed by atoms with van der Waals surface area (Å²) in [5, 5.41) is 0. The van der Waals surface area contributed by atoms with Crippen molar-refractivity contribution >= 4 is 0 Å². The molecule has 0 aromatic rings. The molecule has 0 spiro atoms. The molecular formula is C13H29N3. The van der Waals surface area contributed by atoms with Gasteiger partial charge in [0.2, 0.25) is 0 Å². The number of unbranched alkanes of at least 4 members (excludes halogenated alkanes) is 2. The molecule has 0 atom stereocenters. The normalized spacial score (nSPS) is 19.5. The molecular weight excluding hydrogens is 198 g/mol. The molecule has 1 rings (SSSR count). The zero-order valence-corrected chi connectivity index (χ0v) is 11.4. The van der Waals surface area contributed by atoms with E-state index in [0.29, 0.717) is 0 Å². The van der Waals surface area contributed by atoms with Gasteiger partial charge in [-0.3, -0.25) is 4.90 Å². The first-order chi connectivity index (χ1) is 7.72. The summed E-state index contributed by atoms with van der Waals surface area (Å²) in [4.78, 5) is 7.49. The van der Waals surface area contributed by atoms with Crippen molar-refractivity contribution in [2.24, 2.45) is 0 Å². The zero-order chi connectivity index (χ0) is 11.8. The lowest BCUT2D eigenvalue weighted by molar-refractivity contribution is 0.140. The van der Waals surface area contributed by atoms with E-state index in [1.165, 1.54) is 65.1 Å². The fourth-order valence-electron chi connectivity index (χ4n) is 2.13. The van der Waals surface area contributed by atoms with Crippen LogP contribution in [0.4, 0.5) is 0 Å². The molecule has 96 valence electrons. The van der Waals surface area contributed by atoms with Crippen LogP contribution < -0.4 is 0 Å². The fourth-order valence-corrected chi connectivity index (χ4v) is 2.13. The van der Waals surface area contributed by atoms with Gasteiger partial charge in [0.15, 0.2) is 0 Å². The van der Waals surface area contributed by atoms with Crippen molar-refractivity contribution in [2.75, 3.05) is 59.9 Å². The molecule has 0 amide bonds. The highest BCUT2D eigenvalue weighted by Crippen LogP contribution is 2.00. The number of piperazine rings is 1. The predicted octanol–water partition coefficient (Wildman–Crippen LogP) is 1.36. The summed E-state index contributed by atoms with van der Waals surface area (Å²) in [6.45, 7) is 11.0. The van der Waals surface area contributed by atoms with E-state index in [1.54, 1.807) is 0 Å². The first-order valence-electron chi connectivity index (χ1n) is 6.82. The van der Waals surface area contributed by atoms with Gasteiger partial charge in [-0.05, 0) is 27.1 Å². The van der Waals surface area contributed by atoms with Gasteiger partial charge in [-0.15, -0.1) is 0 Å². The molecule has 0 radical (unpaired) electrons. The Morgan fingerprint density at radius 1 is 1.00 bits per heavy atom. The monoisotopic (exact) mass is 227 g/mol. The molecule has 0 N–H and O–H groups in total. The van der Waals surface area contributed by atoms with Crippen molar-refractivity contribution in [1.29, 1.82) is 0 Å². The van der Waals surface area contributed by atoms with E-state index < -0.39 is 0 Å². The van der Waals surface area contributed by atoms with Gasteiger partial charge in [-0.1, -0.05) is 19.8 Å². The Kier molecular flexibility index (Phi) is 7.01. The van der Waals surface area contributed by atoms with Gasteiger partial charge >= 0.3 is 0 Å². The lowest BCUT2D eigenvalue weighted by Gasteiger charge is -2.33. The third-order valence-electron chi connectivity index (χ3n) is 3.54. The van der Waals surface area contributed by atoms with E-state index in [-0.39, 0.29) is 0 Å². The van der Waals surface area contributed by atoms with Gasteiger partial charge in [0.1, 0.15) is 0 Å². The quantitative estimate of drug-likeness (QED) is 0.608. The summed E-state index contributed by atoms with van der Waals surface area (Å²) in [5.74, 6) is 0. The highest BCUT2D eigenvalue weighted by molar-refractivity contribution is 4.70. The third-order valence-corrected chi connectivity index (χ3v) is 3.54. The number of likely N-dealkylation sites (N-methyl/N-ethyl adjacent to an activating group) is 2. The van der Waals surface area contributed by atoms with E-state index in [1.807, 2.05) is 0 Å². The van der Waals surface area contributed by atoms with Crippen LogP contribution in [0.1, 0.15) is 26.2 Å². The van der Waals surface area contributed by atoms with Crippen LogP contribution >= 0.6 is 0 Å². The molecule has 0 aromatic heterocycles. The standard InChI is InChI=1S/C13H29N3/c1-4-5-6-7-14(2)8-11-16-12-9-15(3)10-13-16/h4-13H2,1-3H3. The van der Waals surface area contributed by atoms with E-state index in [4.69, 9.17) is 0 Å². The molecule has 0 saturated carbocycles. The summed E-state index contributed by atoms with van der Waals surface area (Å²) in [5.41, 5.74) is 0. The highest BCUT2D eigenvalue weighted by atomic mass is 15.3. The second-order valence-corrected chi connectivity index (χ2v) is 5.16. The molecule has 1 fully saturated rings. The predicted molar refractivity (Wildman–Crippen MR) is 71.0 cm³/mol. The Morgan fingerprint density at radius 2 is 1.69 bits per heavy atom. The lowest BCUT2D eigenvalue weighted by Crippen LogP contribution is -2.46. The molecule has 0 bridgehead atoms. The molecule has 1 aliphatic rings. The first-order valence-corrected chi connectivity index (χ1v) is 6.82. The summed E-state index contributed by atoms with van der Waals surface area (Å²) < 4.78 is 0. The van der Waals surface area contributed by atoms with Crippen molar-refractivity contribution in [3.05, 3.63) is 0 Å². The van der Waals surface area contributed by atoms with Crippen molar-refractivity contribution in [3.63, 3.8) is 0 Å². The Bertz CT molecular complexity index is 165. The average Bonchev–Trinajstić information content (AvgIpc) is 2.29. The number of rotatable bonds is 7. The molecule has 0 aliphatic carbocycles. The van der Waals surface area contributed by atoms with Crippen LogP contribution in [-0.4, -0.2) is 74.6 Å². The van der Waals surface area contributed by atoms with Gasteiger partial charge in [-0.25, -0.2) is 0 Å². The highest BCUT2D eigenvalue weighted by Gasteiger charge is 2.13. The first kappa shape index (κ1) is 13.9. The Morgan fingerprint density at radius 3 is 2.31 bits per heavy atom. The van der Waals surface area contributed by atoms with Gasteiger partial charge < -0.3 is 9.80 Å². The summed E-state index contributed by atoms with van der Waals surface area (Å²) in [7, 11) is 4.47. The van der Waals surface area contributed by atoms with Crippen molar-refractivity contribution in [2.45, 2.75) is 26.2 Å². The second kappa shape index (κ2) is 8.04. The number of hydrogen-bond donors (Lipinski definition) is 0. The maximum atomic E-state index is 2.59. The Balaban J connectivity index is 2.00.